The van der Waals surface area contributed by atoms with Gasteiger partial charge in [-0.15, -0.1) is 0 Å². The van der Waals surface area contributed by atoms with Crippen LogP contribution in [0.5, 0.6) is 0 Å². The zero-order valence-corrected chi connectivity index (χ0v) is 9.04. The molecule has 1 N–H and O–H groups in total. The third-order valence-electron chi connectivity index (χ3n) is 2.68. The highest BCUT2D eigenvalue weighted by atomic mass is 19.1. The smallest absolute Gasteiger partial charge is 0.306 e. The second-order valence-electron chi connectivity index (χ2n) is 3.93. The van der Waals surface area contributed by atoms with Crippen molar-refractivity contribution in [2.75, 3.05) is 0 Å². The van der Waals surface area contributed by atoms with E-state index >= 15 is 0 Å². The second kappa shape index (κ2) is 4.16. The normalized spacial score (nSPS) is 12.9. The zero-order valence-electron chi connectivity index (χ0n) is 9.04. The molecule has 0 saturated heterocycles. The molecule has 1 heterocycles. The number of fused-ring (bicyclic) bond motifs is 1. The molecule has 1 atom stereocenters. The van der Waals surface area contributed by atoms with Gasteiger partial charge in [0.05, 0.1) is 12.2 Å². The van der Waals surface area contributed by atoms with Crippen LogP contribution in [0.3, 0.4) is 0 Å². The van der Waals surface area contributed by atoms with Crippen molar-refractivity contribution in [3.8, 4) is 0 Å². The minimum absolute atomic E-state index is 0.00250. The molecule has 1 aromatic heterocycles. The van der Waals surface area contributed by atoms with Gasteiger partial charge in [0.2, 0.25) is 0 Å². The number of carboxylic acids is 1. The number of rotatable bonds is 3. The van der Waals surface area contributed by atoms with Gasteiger partial charge in [-0.25, -0.2) is 8.78 Å². The van der Waals surface area contributed by atoms with Crippen LogP contribution in [0, 0.1) is 17.6 Å². The van der Waals surface area contributed by atoms with Crippen LogP contribution < -0.4 is 0 Å². The fraction of sp³-hybridized carbons (Fsp3) is 0.250. The summed E-state index contributed by atoms with van der Waals surface area (Å²) in [5.41, 5.74) is 0.129. The molecule has 0 aliphatic heterocycles. The van der Waals surface area contributed by atoms with Crippen molar-refractivity contribution >= 4 is 16.9 Å². The Morgan fingerprint density at radius 1 is 1.47 bits per heavy atom. The second-order valence-corrected chi connectivity index (χ2v) is 3.93. The summed E-state index contributed by atoms with van der Waals surface area (Å²) in [5.74, 6) is -3.29. The Bertz CT molecular complexity index is 574. The highest BCUT2D eigenvalue weighted by molar-refractivity contribution is 5.82. The van der Waals surface area contributed by atoms with Gasteiger partial charge in [-0.05, 0) is 18.1 Å². The van der Waals surface area contributed by atoms with Gasteiger partial charge in [0.15, 0.2) is 11.4 Å². The third-order valence-corrected chi connectivity index (χ3v) is 2.68. The number of carboxylic acid groups (broad SMARTS) is 1. The number of furan rings is 1. The van der Waals surface area contributed by atoms with E-state index in [2.05, 4.69) is 0 Å². The summed E-state index contributed by atoms with van der Waals surface area (Å²) in [7, 11) is 0. The Morgan fingerprint density at radius 2 is 2.18 bits per heavy atom. The molecule has 0 spiro atoms. The summed E-state index contributed by atoms with van der Waals surface area (Å²) in [4.78, 5) is 10.7. The predicted molar refractivity (Wildman–Crippen MR) is 56.6 cm³/mol. The Hall–Kier alpha value is -1.91. The quantitative estimate of drug-likeness (QED) is 0.897. The molecule has 17 heavy (non-hydrogen) atoms. The van der Waals surface area contributed by atoms with Gasteiger partial charge in [0, 0.05) is 11.5 Å². The molecule has 0 aliphatic rings. The summed E-state index contributed by atoms with van der Waals surface area (Å²) in [6.45, 7) is 1.47. The van der Waals surface area contributed by atoms with Gasteiger partial charge in [0.25, 0.3) is 0 Å². The summed E-state index contributed by atoms with van der Waals surface area (Å²) in [6, 6.07) is 2.15. The van der Waals surface area contributed by atoms with Gasteiger partial charge in [-0.3, -0.25) is 4.79 Å². The van der Waals surface area contributed by atoms with Crippen LogP contribution in [-0.4, -0.2) is 11.1 Å². The van der Waals surface area contributed by atoms with E-state index in [1.54, 1.807) is 0 Å². The highest BCUT2D eigenvalue weighted by Crippen LogP contribution is 2.27. The van der Waals surface area contributed by atoms with Crippen molar-refractivity contribution in [3.63, 3.8) is 0 Å². The largest absolute Gasteiger partial charge is 0.481 e. The predicted octanol–water partition coefficient (Wildman–Crippen LogP) is 2.97. The molecule has 1 unspecified atom stereocenters. The number of aliphatic carboxylic acids is 1. The minimum Gasteiger partial charge on any atom is -0.481 e. The van der Waals surface area contributed by atoms with E-state index < -0.39 is 23.5 Å². The van der Waals surface area contributed by atoms with E-state index in [1.807, 2.05) is 0 Å². The molecule has 0 aliphatic carbocycles. The Kier molecular flexibility index (Phi) is 2.83. The first-order valence-corrected chi connectivity index (χ1v) is 5.07. The fourth-order valence-corrected chi connectivity index (χ4v) is 1.73. The van der Waals surface area contributed by atoms with Gasteiger partial charge >= 0.3 is 5.97 Å². The number of halogens is 2. The van der Waals surface area contributed by atoms with Crippen LogP contribution in [0.1, 0.15) is 12.5 Å². The van der Waals surface area contributed by atoms with Crippen molar-refractivity contribution in [2.45, 2.75) is 13.3 Å². The molecule has 0 amide bonds. The topological polar surface area (TPSA) is 50.4 Å². The van der Waals surface area contributed by atoms with Crippen molar-refractivity contribution in [1.82, 2.24) is 0 Å². The molecular weight excluding hydrogens is 230 g/mol. The van der Waals surface area contributed by atoms with Crippen molar-refractivity contribution in [1.29, 1.82) is 0 Å². The molecule has 0 bridgehead atoms. The molecule has 90 valence electrons. The third kappa shape index (κ3) is 2.00. The summed E-state index contributed by atoms with van der Waals surface area (Å²) in [6.07, 6.45) is 1.25. The average Bonchev–Trinajstić information content (AvgIpc) is 2.72. The van der Waals surface area contributed by atoms with Crippen LogP contribution >= 0.6 is 0 Å². The first-order chi connectivity index (χ1) is 8.00. The minimum atomic E-state index is -1.02. The van der Waals surface area contributed by atoms with Crippen molar-refractivity contribution in [2.24, 2.45) is 5.92 Å². The lowest BCUT2D eigenvalue weighted by molar-refractivity contribution is -0.141. The number of hydrogen-bond acceptors (Lipinski definition) is 2. The van der Waals surface area contributed by atoms with E-state index in [0.29, 0.717) is 0 Å². The first kappa shape index (κ1) is 11.6. The van der Waals surface area contributed by atoms with Gasteiger partial charge < -0.3 is 9.52 Å². The van der Waals surface area contributed by atoms with Crippen LogP contribution in [0.25, 0.3) is 11.0 Å². The molecule has 3 nitrogen and oxygen atoms in total. The van der Waals surface area contributed by atoms with Crippen LogP contribution in [0.4, 0.5) is 8.78 Å². The van der Waals surface area contributed by atoms with Crippen LogP contribution in [0.2, 0.25) is 0 Å². The average molecular weight is 240 g/mol. The fourth-order valence-electron chi connectivity index (χ4n) is 1.73. The number of benzene rings is 1. The Balaban J connectivity index is 2.53. The van der Waals surface area contributed by atoms with Crippen molar-refractivity contribution < 1.29 is 23.1 Å². The molecule has 5 heteroatoms. The highest BCUT2D eigenvalue weighted by Gasteiger charge is 2.19. The zero-order chi connectivity index (χ0) is 12.6. The summed E-state index contributed by atoms with van der Waals surface area (Å²) < 4.78 is 31.8. The molecule has 0 saturated carbocycles. The standard InChI is InChI=1S/C12H10F2O3/c1-6(12(15)16)4-8-7-2-3-17-11(7)10(14)5-9(8)13/h2-3,5-6H,4H2,1H3,(H,15,16). The Labute approximate surface area is 95.7 Å². The van der Waals surface area contributed by atoms with E-state index in [-0.39, 0.29) is 23.0 Å². The van der Waals surface area contributed by atoms with Crippen LogP contribution in [-0.2, 0) is 11.2 Å². The Morgan fingerprint density at radius 3 is 2.82 bits per heavy atom. The molecule has 2 rings (SSSR count). The SMILES string of the molecule is CC(Cc1c(F)cc(F)c2occc12)C(=O)O. The summed E-state index contributed by atoms with van der Waals surface area (Å²) in [5, 5.41) is 9.08. The van der Waals surface area contributed by atoms with Crippen LogP contribution in [0.15, 0.2) is 22.8 Å². The molecule has 1 aromatic carbocycles. The van der Waals surface area contributed by atoms with Crippen molar-refractivity contribution in [3.05, 3.63) is 35.6 Å². The van der Waals surface area contributed by atoms with E-state index in [0.717, 1.165) is 6.07 Å². The lowest BCUT2D eigenvalue weighted by Gasteiger charge is -2.08. The number of hydrogen-bond donors (Lipinski definition) is 1. The monoisotopic (exact) mass is 240 g/mol. The van der Waals surface area contributed by atoms with Gasteiger partial charge in [-0.2, -0.15) is 0 Å². The molecule has 0 fully saturated rings. The summed E-state index contributed by atoms with van der Waals surface area (Å²) >= 11 is 0. The molecule has 2 aromatic rings. The van der Waals surface area contributed by atoms with E-state index in [9.17, 15) is 13.6 Å². The first-order valence-electron chi connectivity index (χ1n) is 5.07. The van der Waals surface area contributed by atoms with Gasteiger partial charge in [-0.1, -0.05) is 6.92 Å². The maximum absolute atomic E-state index is 13.6. The number of carbonyl (C=O) groups is 1. The van der Waals surface area contributed by atoms with Gasteiger partial charge in [0.1, 0.15) is 5.82 Å². The lowest BCUT2D eigenvalue weighted by atomic mass is 9.98. The maximum atomic E-state index is 13.6. The van der Waals surface area contributed by atoms with E-state index in [1.165, 1.54) is 19.3 Å². The molecular formula is C12H10F2O3. The lowest BCUT2D eigenvalue weighted by Crippen LogP contribution is -2.13. The van der Waals surface area contributed by atoms with E-state index in [4.69, 9.17) is 9.52 Å². The molecule has 0 radical (unpaired) electrons. The maximum Gasteiger partial charge on any atom is 0.306 e.